The number of benzene rings is 1. The van der Waals surface area contributed by atoms with Crippen LogP contribution in [0.3, 0.4) is 0 Å². The van der Waals surface area contributed by atoms with Gasteiger partial charge in [0.1, 0.15) is 0 Å². The molecule has 3 nitrogen and oxygen atoms in total. The summed E-state index contributed by atoms with van der Waals surface area (Å²) >= 11 is 1.43. The minimum Gasteiger partial charge on any atom is -0.212 e. The van der Waals surface area contributed by atoms with Crippen LogP contribution < -0.4 is 0 Å². The predicted octanol–water partition coefficient (Wildman–Crippen LogP) is 2.41. The van der Waals surface area contributed by atoms with Crippen molar-refractivity contribution in [1.29, 1.82) is 0 Å². The summed E-state index contributed by atoms with van der Waals surface area (Å²) < 4.78 is 26.7. The first-order valence-electron chi connectivity index (χ1n) is 4.30. The topological polar surface area (TPSA) is 47.0 Å². The minimum atomic E-state index is -3.40. The third-order valence-corrected chi connectivity index (χ3v) is 3.99. The predicted molar refractivity (Wildman–Crippen MR) is 63.0 cm³/mol. The van der Waals surface area contributed by atoms with Crippen molar-refractivity contribution >= 4 is 41.4 Å². The molecule has 0 saturated carbocycles. The lowest BCUT2D eigenvalue weighted by molar-refractivity contribution is 0.609. The number of fused-ring (bicyclic) bond motifs is 1. The summed E-state index contributed by atoms with van der Waals surface area (Å²) in [6.45, 7) is 0. The quantitative estimate of drug-likeness (QED) is 0.797. The summed E-state index contributed by atoms with van der Waals surface area (Å²) in [7, 11) is 1.74. The smallest absolute Gasteiger partial charge is 0.212 e. The number of aromatic nitrogens is 1. The summed E-state index contributed by atoms with van der Waals surface area (Å²) in [4.78, 5) is 0. The molecule has 0 saturated heterocycles. The van der Waals surface area contributed by atoms with Gasteiger partial charge in [0.25, 0.3) is 0 Å². The van der Waals surface area contributed by atoms with E-state index in [-0.39, 0.29) is 5.75 Å². The number of halogens is 1. The zero-order valence-corrected chi connectivity index (χ0v) is 10.1. The summed E-state index contributed by atoms with van der Waals surface area (Å²) in [6, 6.07) is 5.80. The molecular formula is C9H8ClNO2S2. The van der Waals surface area contributed by atoms with Crippen LogP contribution in [0.2, 0.25) is 0 Å². The number of aryl methyl sites for hydroxylation is 1. The van der Waals surface area contributed by atoms with Gasteiger partial charge in [-0.3, -0.25) is 0 Å². The van der Waals surface area contributed by atoms with Gasteiger partial charge < -0.3 is 0 Å². The summed E-state index contributed by atoms with van der Waals surface area (Å²) in [5.74, 6) is -0.0301. The largest absolute Gasteiger partial charge is 0.232 e. The summed E-state index contributed by atoms with van der Waals surface area (Å²) in [5, 5.41) is 1.05. The maximum Gasteiger partial charge on any atom is 0.232 e. The van der Waals surface area contributed by atoms with Gasteiger partial charge in [-0.2, -0.15) is 4.37 Å². The third-order valence-electron chi connectivity index (χ3n) is 2.05. The van der Waals surface area contributed by atoms with Gasteiger partial charge in [0.05, 0.1) is 10.5 Å². The van der Waals surface area contributed by atoms with Crippen molar-refractivity contribution in [2.75, 3.05) is 5.75 Å². The Morgan fingerprint density at radius 3 is 2.93 bits per heavy atom. The molecule has 6 heteroatoms. The van der Waals surface area contributed by atoms with E-state index in [2.05, 4.69) is 4.37 Å². The fourth-order valence-electron chi connectivity index (χ4n) is 1.32. The Labute approximate surface area is 96.3 Å². The van der Waals surface area contributed by atoms with E-state index >= 15 is 0 Å². The van der Waals surface area contributed by atoms with Gasteiger partial charge in [0, 0.05) is 22.3 Å². The lowest BCUT2D eigenvalue weighted by Crippen LogP contribution is -2.00. The normalized spacial score (nSPS) is 12.1. The molecule has 0 bridgehead atoms. The maximum absolute atomic E-state index is 10.8. The molecule has 0 aliphatic carbocycles. The van der Waals surface area contributed by atoms with Crippen LogP contribution in [0.1, 0.15) is 5.56 Å². The first kappa shape index (κ1) is 10.9. The molecule has 80 valence electrons. The van der Waals surface area contributed by atoms with E-state index in [0.717, 1.165) is 15.6 Å². The molecule has 1 aromatic carbocycles. The fraction of sp³-hybridized carbons (Fsp3) is 0.222. The van der Waals surface area contributed by atoms with Gasteiger partial charge in [-0.1, -0.05) is 6.07 Å². The monoisotopic (exact) mass is 261 g/mol. The van der Waals surface area contributed by atoms with Crippen molar-refractivity contribution in [2.24, 2.45) is 0 Å². The molecule has 1 aromatic heterocycles. The van der Waals surface area contributed by atoms with Crippen molar-refractivity contribution in [3.63, 3.8) is 0 Å². The molecule has 0 amide bonds. The molecule has 1 heterocycles. The lowest BCUT2D eigenvalue weighted by atomic mass is 10.1. The van der Waals surface area contributed by atoms with Crippen LogP contribution in [0.5, 0.6) is 0 Å². The second kappa shape index (κ2) is 4.08. The Morgan fingerprint density at radius 2 is 2.20 bits per heavy atom. The lowest BCUT2D eigenvalue weighted by Gasteiger charge is -1.98. The summed E-state index contributed by atoms with van der Waals surface area (Å²) in [5.41, 5.74) is 0.965. The molecule has 0 radical (unpaired) electrons. The van der Waals surface area contributed by atoms with Crippen LogP contribution in [0.15, 0.2) is 24.4 Å². The van der Waals surface area contributed by atoms with E-state index in [4.69, 9.17) is 10.7 Å². The Kier molecular flexibility index (Phi) is 2.95. The van der Waals surface area contributed by atoms with Gasteiger partial charge in [-0.05, 0) is 35.6 Å². The summed E-state index contributed by atoms with van der Waals surface area (Å²) in [6.07, 6.45) is 2.22. The zero-order valence-electron chi connectivity index (χ0n) is 7.68. The van der Waals surface area contributed by atoms with Gasteiger partial charge >= 0.3 is 0 Å². The van der Waals surface area contributed by atoms with Crippen molar-refractivity contribution in [3.8, 4) is 0 Å². The zero-order chi connectivity index (χ0) is 10.9. The molecule has 0 aliphatic heterocycles. The van der Waals surface area contributed by atoms with Crippen LogP contribution in [-0.2, 0) is 15.5 Å². The second-order valence-corrected chi connectivity index (χ2v) is 6.92. The molecule has 2 aromatic rings. The van der Waals surface area contributed by atoms with E-state index in [1.165, 1.54) is 11.5 Å². The van der Waals surface area contributed by atoms with Crippen LogP contribution in [0, 0.1) is 0 Å². The number of hydrogen-bond acceptors (Lipinski definition) is 4. The average molecular weight is 262 g/mol. The Bertz CT molecular complexity index is 577. The highest BCUT2D eigenvalue weighted by atomic mass is 35.7. The van der Waals surface area contributed by atoms with Crippen molar-refractivity contribution in [3.05, 3.63) is 30.0 Å². The Balaban J connectivity index is 2.21. The highest BCUT2D eigenvalue weighted by molar-refractivity contribution is 8.13. The average Bonchev–Trinajstić information content (AvgIpc) is 2.60. The van der Waals surface area contributed by atoms with E-state index in [1.54, 1.807) is 6.20 Å². The van der Waals surface area contributed by atoms with Crippen LogP contribution in [0.25, 0.3) is 10.1 Å². The molecule has 0 N–H and O–H groups in total. The molecule has 15 heavy (non-hydrogen) atoms. The molecule has 0 fully saturated rings. The Hall–Kier alpha value is -0.650. The van der Waals surface area contributed by atoms with Gasteiger partial charge in [-0.25, -0.2) is 8.42 Å². The fourth-order valence-corrected chi connectivity index (χ4v) is 2.65. The van der Waals surface area contributed by atoms with Crippen molar-refractivity contribution in [2.45, 2.75) is 6.42 Å². The van der Waals surface area contributed by atoms with Gasteiger partial charge in [-0.15, -0.1) is 0 Å². The van der Waals surface area contributed by atoms with Crippen molar-refractivity contribution in [1.82, 2.24) is 4.37 Å². The van der Waals surface area contributed by atoms with E-state index in [1.807, 2.05) is 18.2 Å². The second-order valence-electron chi connectivity index (χ2n) is 3.19. The number of nitrogens with zero attached hydrogens (tertiary/aromatic N) is 1. The molecule has 0 aliphatic rings. The maximum atomic E-state index is 10.8. The minimum absolute atomic E-state index is 0.0301. The SMILES string of the molecule is O=S(=O)(Cl)CCc1ccc2sncc2c1. The first-order chi connectivity index (χ1) is 7.04. The first-order valence-corrected chi connectivity index (χ1v) is 7.55. The van der Waals surface area contributed by atoms with E-state index < -0.39 is 9.05 Å². The standard InChI is InChI=1S/C9H8ClNO2S2/c10-15(12,13)4-3-7-1-2-9-8(5-7)6-11-14-9/h1-2,5-6H,3-4H2. The molecule has 2 rings (SSSR count). The third kappa shape index (κ3) is 2.90. The van der Waals surface area contributed by atoms with E-state index in [9.17, 15) is 8.42 Å². The van der Waals surface area contributed by atoms with Gasteiger partial charge in [0.2, 0.25) is 9.05 Å². The molecule has 0 spiro atoms. The van der Waals surface area contributed by atoms with Crippen LogP contribution >= 0.6 is 22.2 Å². The number of rotatable bonds is 3. The number of hydrogen-bond donors (Lipinski definition) is 0. The van der Waals surface area contributed by atoms with Crippen LogP contribution in [-0.4, -0.2) is 18.5 Å². The molecule has 0 atom stereocenters. The van der Waals surface area contributed by atoms with Crippen LogP contribution in [0.4, 0.5) is 0 Å². The Morgan fingerprint density at radius 1 is 1.40 bits per heavy atom. The molecular weight excluding hydrogens is 254 g/mol. The van der Waals surface area contributed by atoms with E-state index in [0.29, 0.717) is 6.42 Å². The highest BCUT2D eigenvalue weighted by Gasteiger charge is 2.06. The van der Waals surface area contributed by atoms with Crippen molar-refractivity contribution < 1.29 is 8.42 Å². The highest BCUT2D eigenvalue weighted by Crippen LogP contribution is 2.19. The molecule has 0 unspecified atom stereocenters. The van der Waals surface area contributed by atoms with Gasteiger partial charge in [0.15, 0.2) is 0 Å².